The predicted molar refractivity (Wildman–Crippen MR) is 67.2 cm³/mol. The molecule has 5 heteroatoms. The van der Waals surface area contributed by atoms with Crippen LogP contribution in [0.3, 0.4) is 0 Å². The Morgan fingerprint density at radius 1 is 1.47 bits per heavy atom. The second-order valence-electron chi connectivity index (χ2n) is 4.34. The fraction of sp³-hybridized carbons (Fsp3) is 0.333. The lowest BCUT2D eigenvalue weighted by Crippen LogP contribution is -2.33. The van der Waals surface area contributed by atoms with Gasteiger partial charge in [0.2, 0.25) is 0 Å². The van der Waals surface area contributed by atoms with Gasteiger partial charge in [0.15, 0.2) is 0 Å². The average Bonchev–Trinajstić information content (AvgIpc) is 2.30. The minimum absolute atomic E-state index is 0.0168. The number of benzene rings is 1. The first-order valence-corrected chi connectivity index (χ1v) is 6.00. The Morgan fingerprint density at radius 2 is 2.29 bits per heavy atom. The molecular weight excluding hydrogens is 238 g/mol. The van der Waals surface area contributed by atoms with Crippen LogP contribution < -0.4 is 11.3 Å². The molecule has 0 unspecified atom stereocenters. The summed E-state index contributed by atoms with van der Waals surface area (Å²) in [4.78, 5) is 16.7. The van der Waals surface area contributed by atoms with Crippen LogP contribution in [0.15, 0.2) is 23.0 Å². The highest BCUT2D eigenvalue weighted by atomic mass is 35.5. The summed E-state index contributed by atoms with van der Waals surface area (Å²) < 4.78 is 1.68. The monoisotopic (exact) mass is 249 g/mol. The summed E-state index contributed by atoms with van der Waals surface area (Å²) >= 11 is 5.91. The zero-order valence-corrected chi connectivity index (χ0v) is 9.94. The van der Waals surface area contributed by atoms with Gasteiger partial charge >= 0.3 is 0 Å². The SMILES string of the molecule is N[C@@H]1CCCn2c1nc1cc(Cl)ccc1c2=O. The van der Waals surface area contributed by atoms with Crippen LogP contribution in [0.5, 0.6) is 0 Å². The highest BCUT2D eigenvalue weighted by Gasteiger charge is 2.20. The molecule has 3 rings (SSSR count). The lowest BCUT2D eigenvalue weighted by Gasteiger charge is -2.23. The van der Waals surface area contributed by atoms with Crippen molar-refractivity contribution in [1.29, 1.82) is 0 Å². The standard InChI is InChI=1S/C12H12ClN3O/c13-7-3-4-8-10(6-7)15-11-9(14)2-1-5-16(11)12(8)17/h3-4,6,9H,1-2,5,14H2/t9-/m1/s1. The molecule has 1 aliphatic heterocycles. The molecule has 0 bridgehead atoms. The molecule has 0 saturated carbocycles. The van der Waals surface area contributed by atoms with E-state index in [0.29, 0.717) is 28.3 Å². The first-order valence-electron chi connectivity index (χ1n) is 5.62. The molecule has 1 aliphatic rings. The first-order chi connectivity index (χ1) is 8.16. The van der Waals surface area contributed by atoms with E-state index in [1.165, 1.54) is 0 Å². The summed E-state index contributed by atoms with van der Waals surface area (Å²) in [5, 5.41) is 1.19. The van der Waals surface area contributed by atoms with Gasteiger partial charge in [-0.3, -0.25) is 9.36 Å². The maximum atomic E-state index is 12.3. The molecule has 0 amide bonds. The van der Waals surface area contributed by atoms with Crippen LogP contribution in [0.1, 0.15) is 24.7 Å². The molecule has 2 aromatic rings. The van der Waals surface area contributed by atoms with Gasteiger partial charge in [-0.2, -0.15) is 0 Å². The third-order valence-corrected chi connectivity index (χ3v) is 3.41. The molecule has 1 atom stereocenters. The zero-order chi connectivity index (χ0) is 12.0. The van der Waals surface area contributed by atoms with E-state index in [1.807, 2.05) is 0 Å². The summed E-state index contributed by atoms with van der Waals surface area (Å²) in [6, 6.07) is 4.99. The van der Waals surface area contributed by atoms with Crippen molar-refractivity contribution in [2.24, 2.45) is 5.73 Å². The number of nitrogens with two attached hydrogens (primary N) is 1. The second kappa shape index (κ2) is 3.82. The van der Waals surface area contributed by atoms with E-state index >= 15 is 0 Å². The van der Waals surface area contributed by atoms with Crippen molar-refractivity contribution in [2.45, 2.75) is 25.4 Å². The lowest BCUT2D eigenvalue weighted by molar-refractivity contribution is 0.435. The summed E-state index contributed by atoms with van der Waals surface area (Å²) in [5.41, 5.74) is 6.60. The topological polar surface area (TPSA) is 60.9 Å². The number of halogens is 1. The number of hydrogen-bond acceptors (Lipinski definition) is 3. The van der Waals surface area contributed by atoms with Crippen molar-refractivity contribution >= 4 is 22.5 Å². The van der Waals surface area contributed by atoms with E-state index in [-0.39, 0.29) is 11.6 Å². The van der Waals surface area contributed by atoms with Crippen LogP contribution in [0.2, 0.25) is 5.02 Å². The molecule has 17 heavy (non-hydrogen) atoms. The summed E-state index contributed by atoms with van der Waals surface area (Å²) in [6.45, 7) is 0.702. The third-order valence-electron chi connectivity index (χ3n) is 3.18. The molecule has 0 spiro atoms. The smallest absolute Gasteiger partial charge is 0.261 e. The normalized spacial score (nSPS) is 19.3. The van der Waals surface area contributed by atoms with Gasteiger partial charge in [-0.1, -0.05) is 11.6 Å². The molecule has 2 heterocycles. The van der Waals surface area contributed by atoms with Crippen molar-refractivity contribution in [3.05, 3.63) is 39.4 Å². The van der Waals surface area contributed by atoms with E-state index in [2.05, 4.69) is 4.98 Å². The van der Waals surface area contributed by atoms with E-state index in [0.717, 1.165) is 12.8 Å². The lowest BCUT2D eigenvalue weighted by atomic mass is 10.1. The third kappa shape index (κ3) is 1.64. The van der Waals surface area contributed by atoms with Crippen molar-refractivity contribution in [1.82, 2.24) is 9.55 Å². The zero-order valence-electron chi connectivity index (χ0n) is 9.19. The maximum absolute atomic E-state index is 12.3. The van der Waals surface area contributed by atoms with Crippen molar-refractivity contribution in [3.63, 3.8) is 0 Å². The van der Waals surface area contributed by atoms with Gasteiger partial charge in [-0.15, -0.1) is 0 Å². The number of hydrogen-bond donors (Lipinski definition) is 1. The first kappa shape index (κ1) is 10.7. The van der Waals surface area contributed by atoms with Crippen LogP contribution >= 0.6 is 11.6 Å². The Labute approximate surface area is 103 Å². The van der Waals surface area contributed by atoms with E-state index in [9.17, 15) is 4.79 Å². The fourth-order valence-electron chi connectivity index (χ4n) is 2.31. The van der Waals surface area contributed by atoms with Gasteiger partial charge in [0.25, 0.3) is 5.56 Å². The van der Waals surface area contributed by atoms with Gasteiger partial charge in [0, 0.05) is 11.6 Å². The van der Waals surface area contributed by atoms with E-state index < -0.39 is 0 Å². The van der Waals surface area contributed by atoms with Crippen LogP contribution in [0.4, 0.5) is 0 Å². The van der Waals surface area contributed by atoms with Crippen molar-refractivity contribution in [2.75, 3.05) is 0 Å². The molecule has 0 saturated heterocycles. The Hall–Kier alpha value is -1.39. The van der Waals surface area contributed by atoms with Gasteiger partial charge < -0.3 is 5.73 Å². The summed E-state index contributed by atoms with van der Waals surface area (Å²) in [7, 11) is 0. The number of rotatable bonds is 0. The van der Waals surface area contributed by atoms with Crippen LogP contribution in [0, 0.1) is 0 Å². The largest absolute Gasteiger partial charge is 0.321 e. The molecule has 4 nitrogen and oxygen atoms in total. The molecule has 0 aliphatic carbocycles. The fourth-order valence-corrected chi connectivity index (χ4v) is 2.48. The Morgan fingerprint density at radius 3 is 3.12 bits per heavy atom. The van der Waals surface area contributed by atoms with Gasteiger partial charge in [0.05, 0.1) is 16.9 Å². The minimum Gasteiger partial charge on any atom is -0.321 e. The molecule has 1 aromatic heterocycles. The van der Waals surface area contributed by atoms with E-state index in [4.69, 9.17) is 17.3 Å². The molecule has 0 fully saturated rings. The van der Waals surface area contributed by atoms with Crippen molar-refractivity contribution in [3.8, 4) is 0 Å². The highest BCUT2D eigenvalue weighted by Crippen LogP contribution is 2.22. The maximum Gasteiger partial charge on any atom is 0.261 e. The quantitative estimate of drug-likeness (QED) is 0.775. The van der Waals surface area contributed by atoms with Crippen LogP contribution in [-0.4, -0.2) is 9.55 Å². The highest BCUT2D eigenvalue weighted by molar-refractivity contribution is 6.31. The Kier molecular flexibility index (Phi) is 2.42. The number of fused-ring (bicyclic) bond motifs is 2. The van der Waals surface area contributed by atoms with Crippen molar-refractivity contribution < 1.29 is 0 Å². The van der Waals surface area contributed by atoms with Crippen LogP contribution in [0.25, 0.3) is 10.9 Å². The molecule has 2 N–H and O–H groups in total. The molecular formula is C12H12ClN3O. The molecule has 1 aromatic carbocycles. The minimum atomic E-state index is -0.153. The van der Waals surface area contributed by atoms with Gasteiger partial charge in [-0.25, -0.2) is 4.98 Å². The van der Waals surface area contributed by atoms with Gasteiger partial charge in [0.1, 0.15) is 5.82 Å². The molecule has 0 radical (unpaired) electrons. The number of aromatic nitrogens is 2. The average molecular weight is 250 g/mol. The van der Waals surface area contributed by atoms with E-state index in [1.54, 1.807) is 22.8 Å². The molecule has 88 valence electrons. The number of nitrogens with zero attached hydrogens (tertiary/aromatic N) is 2. The van der Waals surface area contributed by atoms with Crippen LogP contribution in [-0.2, 0) is 6.54 Å². The Bertz CT molecular complexity index is 650. The Balaban J connectivity index is 2.39. The second-order valence-corrected chi connectivity index (χ2v) is 4.77. The summed E-state index contributed by atoms with van der Waals surface area (Å²) in [5.74, 6) is 0.677. The van der Waals surface area contributed by atoms with Gasteiger partial charge in [-0.05, 0) is 31.0 Å². The summed E-state index contributed by atoms with van der Waals surface area (Å²) in [6.07, 6.45) is 1.80. The predicted octanol–water partition coefficient (Wildman–Crippen LogP) is 1.84.